The Hall–Kier alpha value is -1.06. The van der Waals surface area contributed by atoms with Crippen molar-refractivity contribution >= 4 is 11.9 Å². The van der Waals surface area contributed by atoms with Gasteiger partial charge in [-0.25, -0.2) is 0 Å². The van der Waals surface area contributed by atoms with Gasteiger partial charge in [0, 0.05) is 12.8 Å². The number of unbranched alkanes of at least 4 members (excludes halogenated alkanes) is 14. The normalized spacial score (nSPS) is 12.5. The van der Waals surface area contributed by atoms with Gasteiger partial charge in [0.05, 0.1) is 13.2 Å². The molecule has 4 heteroatoms. The predicted octanol–water partition coefficient (Wildman–Crippen LogP) is 9.19. The van der Waals surface area contributed by atoms with Crippen LogP contribution in [0.3, 0.4) is 0 Å². The average molecular weight is 483 g/mol. The molecule has 202 valence electrons. The van der Waals surface area contributed by atoms with Crippen LogP contribution in [-0.2, 0) is 19.1 Å². The van der Waals surface area contributed by atoms with Gasteiger partial charge in [0.2, 0.25) is 0 Å². The molecular formula is C30H58O4. The van der Waals surface area contributed by atoms with Gasteiger partial charge < -0.3 is 9.47 Å². The summed E-state index contributed by atoms with van der Waals surface area (Å²) < 4.78 is 10.6. The molecule has 34 heavy (non-hydrogen) atoms. The molecule has 0 aromatic rings. The first-order chi connectivity index (χ1) is 16.2. The van der Waals surface area contributed by atoms with Gasteiger partial charge >= 0.3 is 11.9 Å². The molecule has 0 amide bonds. The highest BCUT2D eigenvalue weighted by Crippen LogP contribution is 2.24. The van der Waals surface area contributed by atoms with Crippen molar-refractivity contribution < 1.29 is 19.1 Å². The molecule has 0 heterocycles. The molecule has 0 aromatic carbocycles. The molecule has 0 aliphatic heterocycles. The highest BCUT2D eigenvalue weighted by molar-refractivity contribution is 5.72. The van der Waals surface area contributed by atoms with Crippen LogP contribution in [0.4, 0.5) is 0 Å². The van der Waals surface area contributed by atoms with Gasteiger partial charge in [-0.1, -0.05) is 125 Å². The summed E-state index contributed by atoms with van der Waals surface area (Å²) in [5, 5.41) is 0. The third kappa shape index (κ3) is 25.6. The molecule has 1 atom stereocenters. The minimum absolute atomic E-state index is 0.195. The number of carbonyl (C=O) groups is 2. The fourth-order valence-electron chi connectivity index (χ4n) is 4.52. The van der Waals surface area contributed by atoms with Crippen LogP contribution in [0.1, 0.15) is 157 Å². The molecule has 0 rings (SSSR count). The first-order valence-electron chi connectivity index (χ1n) is 14.6. The smallest absolute Gasteiger partial charge is 0.305 e. The lowest BCUT2D eigenvalue weighted by atomic mass is 9.86. The van der Waals surface area contributed by atoms with Crippen LogP contribution < -0.4 is 0 Å². The summed E-state index contributed by atoms with van der Waals surface area (Å²) in [5.74, 6) is -0.0564. The van der Waals surface area contributed by atoms with E-state index in [0.717, 1.165) is 19.3 Å². The monoisotopic (exact) mass is 482 g/mol. The molecule has 0 fully saturated rings. The SMILES string of the molecule is CCCCCCCCCCCCCCCCCOC(=O)CCCC(=O)OCC(C)CC(C)(C)C. The Morgan fingerprint density at radius 3 is 1.47 bits per heavy atom. The van der Waals surface area contributed by atoms with Crippen molar-refractivity contribution in [3.8, 4) is 0 Å². The molecule has 0 saturated heterocycles. The molecule has 0 aromatic heterocycles. The molecule has 4 nitrogen and oxygen atoms in total. The zero-order valence-electron chi connectivity index (χ0n) is 23.6. The van der Waals surface area contributed by atoms with Gasteiger partial charge in [-0.15, -0.1) is 0 Å². The Labute approximate surface area is 212 Å². The van der Waals surface area contributed by atoms with Gasteiger partial charge in [0.25, 0.3) is 0 Å². The van der Waals surface area contributed by atoms with Crippen LogP contribution in [0, 0.1) is 11.3 Å². The van der Waals surface area contributed by atoms with E-state index in [1.54, 1.807) is 0 Å². The number of ether oxygens (including phenoxy) is 2. The van der Waals surface area contributed by atoms with Crippen molar-refractivity contribution in [1.82, 2.24) is 0 Å². The van der Waals surface area contributed by atoms with Gasteiger partial charge in [-0.2, -0.15) is 0 Å². The Bertz CT molecular complexity index is 481. The first-order valence-corrected chi connectivity index (χ1v) is 14.6. The van der Waals surface area contributed by atoms with E-state index < -0.39 is 0 Å². The zero-order chi connectivity index (χ0) is 25.5. The van der Waals surface area contributed by atoms with Crippen LogP contribution >= 0.6 is 0 Å². The molecule has 0 bridgehead atoms. The minimum atomic E-state index is -0.212. The summed E-state index contributed by atoms with van der Waals surface area (Å²) in [4.78, 5) is 23.7. The van der Waals surface area contributed by atoms with E-state index in [2.05, 4.69) is 34.6 Å². The fourth-order valence-corrected chi connectivity index (χ4v) is 4.52. The molecule has 0 radical (unpaired) electrons. The maximum atomic E-state index is 11.8. The number of hydrogen-bond acceptors (Lipinski definition) is 4. The Morgan fingerprint density at radius 1 is 0.618 bits per heavy atom. The summed E-state index contributed by atoms with van der Waals surface area (Å²) in [6.07, 6.45) is 22.0. The summed E-state index contributed by atoms with van der Waals surface area (Å²) in [7, 11) is 0. The second-order valence-corrected chi connectivity index (χ2v) is 11.6. The van der Waals surface area contributed by atoms with Gasteiger partial charge in [-0.3, -0.25) is 9.59 Å². The van der Waals surface area contributed by atoms with E-state index in [4.69, 9.17) is 9.47 Å². The molecular weight excluding hydrogens is 424 g/mol. The lowest BCUT2D eigenvalue weighted by Gasteiger charge is -2.22. The lowest BCUT2D eigenvalue weighted by Crippen LogP contribution is -2.17. The number of carbonyl (C=O) groups excluding carboxylic acids is 2. The third-order valence-electron chi connectivity index (χ3n) is 6.26. The van der Waals surface area contributed by atoms with Crippen LogP contribution in [0.25, 0.3) is 0 Å². The fraction of sp³-hybridized carbons (Fsp3) is 0.933. The van der Waals surface area contributed by atoms with Crippen LogP contribution in [0.15, 0.2) is 0 Å². The standard InChI is InChI=1S/C30H58O4/c1-6-7-8-9-10-11-12-13-14-15-16-17-18-19-20-24-33-28(31)22-21-23-29(32)34-26-27(2)25-30(3,4)5/h27H,6-26H2,1-5H3. The average Bonchev–Trinajstić information content (AvgIpc) is 2.76. The molecule has 0 aliphatic carbocycles. The van der Waals surface area contributed by atoms with Crippen LogP contribution in [-0.4, -0.2) is 25.2 Å². The predicted molar refractivity (Wildman–Crippen MR) is 144 cm³/mol. The van der Waals surface area contributed by atoms with E-state index in [1.807, 2.05) is 0 Å². The number of rotatable bonds is 23. The Kier molecular flexibility index (Phi) is 21.7. The molecule has 0 N–H and O–H groups in total. The van der Waals surface area contributed by atoms with E-state index in [1.165, 1.54) is 83.5 Å². The van der Waals surface area contributed by atoms with E-state index in [0.29, 0.717) is 32.0 Å². The highest BCUT2D eigenvalue weighted by atomic mass is 16.5. The Balaban J connectivity index is 3.37. The van der Waals surface area contributed by atoms with E-state index >= 15 is 0 Å². The van der Waals surface area contributed by atoms with Gasteiger partial charge in [0.1, 0.15) is 0 Å². The largest absolute Gasteiger partial charge is 0.466 e. The van der Waals surface area contributed by atoms with Crippen LogP contribution in [0.5, 0.6) is 0 Å². The maximum absolute atomic E-state index is 11.8. The maximum Gasteiger partial charge on any atom is 0.305 e. The van der Waals surface area contributed by atoms with Crippen molar-refractivity contribution in [2.24, 2.45) is 11.3 Å². The molecule has 0 spiro atoms. The van der Waals surface area contributed by atoms with Crippen molar-refractivity contribution in [3.05, 3.63) is 0 Å². The molecule has 0 aliphatic rings. The third-order valence-corrected chi connectivity index (χ3v) is 6.26. The van der Waals surface area contributed by atoms with E-state index in [9.17, 15) is 9.59 Å². The van der Waals surface area contributed by atoms with Gasteiger partial charge in [-0.05, 0) is 30.6 Å². The summed E-state index contributed by atoms with van der Waals surface area (Å²) in [6.45, 7) is 11.9. The second kappa shape index (κ2) is 22.4. The molecule has 0 saturated carbocycles. The summed E-state index contributed by atoms with van der Waals surface area (Å²) >= 11 is 0. The quantitative estimate of drug-likeness (QED) is 0.108. The van der Waals surface area contributed by atoms with Crippen molar-refractivity contribution in [2.45, 2.75) is 157 Å². The Morgan fingerprint density at radius 2 is 1.03 bits per heavy atom. The highest BCUT2D eigenvalue weighted by Gasteiger charge is 2.16. The topological polar surface area (TPSA) is 52.6 Å². The van der Waals surface area contributed by atoms with Crippen molar-refractivity contribution in [3.63, 3.8) is 0 Å². The summed E-state index contributed by atoms with van der Waals surface area (Å²) in [5.41, 5.74) is 0.238. The first kappa shape index (κ1) is 32.9. The lowest BCUT2D eigenvalue weighted by molar-refractivity contribution is -0.146. The van der Waals surface area contributed by atoms with Gasteiger partial charge in [0.15, 0.2) is 0 Å². The minimum Gasteiger partial charge on any atom is -0.466 e. The zero-order valence-corrected chi connectivity index (χ0v) is 23.6. The van der Waals surface area contributed by atoms with Crippen molar-refractivity contribution in [1.29, 1.82) is 0 Å². The summed E-state index contributed by atoms with van der Waals surface area (Å²) in [6, 6.07) is 0. The number of esters is 2. The van der Waals surface area contributed by atoms with E-state index in [-0.39, 0.29) is 23.8 Å². The second-order valence-electron chi connectivity index (χ2n) is 11.6. The van der Waals surface area contributed by atoms with Crippen molar-refractivity contribution in [2.75, 3.05) is 13.2 Å². The molecule has 1 unspecified atom stereocenters. The number of hydrogen-bond donors (Lipinski definition) is 0. The van der Waals surface area contributed by atoms with Crippen LogP contribution in [0.2, 0.25) is 0 Å².